The molecule has 0 saturated carbocycles. The predicted molar refractivity (Wildman–Crippen MR) is 75.5 cm³/mol. The lowest BCUT2D eigenvalue weighted by Crippen LogP contribution is -2.34. The van der Waals surface area contributed by atoms with E-state index in [1.165, 1.54) is 0 Å². The zero-order chi connectivity index (χ0) is 13.8. The Morgan fingerprint density at radius 3 is 2.39 bits per heavy atom. The Kier molecular flexibility index (Phi) is 5.16. The zero-order valence-electron chi connectivity index (χ0n) is 11.2. The second-order valence-electron chi connectivity index (χ2n) is 5.11. The number of rotatable bonds is 6. The predicted octanol–water partition coefficient (Wildman–Crippen LogP) is 2.12. The molecular weight excluding hydrogens is 248 g/mol. The highest BCUT2D eigenvalue weighted by atomic mass is 32.2. The van der Waals surface area contributed by atoms with Crippen LogP contribution in [0.15, 0.2) is 24.3 Å². The molecule has 0 bridgehead atoms. The third kappa shape index (κ3) is 5.06. The van der Waals surface area contributed by atoms with Crippen molar-refractivity contribution in [3.8, 4) is 0 Å². The van der Waals surface area contributed by atoms with Crippen molar-refractivity contribution in [1.82, 2.24) is 4.72 Å². The molecule has 1 atom stereocenters. The third-order valence-corrected chi connectivity index (χ3v) is 4.06. The largest absolute Gasteiger partial charge is 0.398 e. The van der Waals surface area contributed by atoms with Crippen LogP contribution in [0.2, 0.25) is 0 Å². The quantitative estimate of drug-likeness (QED) is 0.778. The van der Waals surface area contributed by atoms with E-state index in [0.29, 0.717) is 17.2 Å². The fourth-order valence-electron chi connectivity index (χ4n) is 1.97. The Bertz CT molecular complexity index is 484. The summed E-state index contributed by atoms with van der Waals surface area (Å²) < 4.78 is 26.6. The molecule has 5 heteroatoms. The molecule has 102 valence electrons. The van der Waals surface area contributed by atoms with E-state index >= 15 is 0 Å². The first kappa shape index (κ1) is 15.0. The van der Waals surface area contributed by atoms with E-state index in [2.05, 4.69) is 18.6 Å². The third-order valence-electron chi connectivity index (χ3n) is 2.61. The van der Waals surface area contributed by atoms with Gasteiger partial charge in [0.1, 0.15) is 0 Å². The molecule has 1 aromatic carbocycles. The summed E-state index contributed by atoms with van der Waals surface area (Å²) in [5, 5.41) is 0. The van der Waals surface area contributed by atoms with Gasteiger partial charge in [-0.2, -0.15) is 0 Å². The molecule has 0 aliphatic heterocycles. The number of para-hydroxylation sites is 1. The molecule has 0 radical (unpaired) electrons. The van der Waals surface area contributed by atoms with E-state index in [0.717, 1.165) is 6.42 Å². The fourth-order valence-corrected chi connectivity index (χ4v) is 3.44. The van der Waals surface area contributed by atoms with Gasteiger partial charge >= 0.3 is 0 Å². The molecule has 3 N–H and O–H groups in total. The molecule has 18 heavy (non-hydrogen) atoms. The van der Waals surface area contributed by atoms with E-state index in [4.69, 9.17) is 5.73 Å². The number of nitrogen functional groups attached to an aromatic ring is 1. The average molecular weight is 270 g/mol. The van der Waals surface area contributed by atoms with Gasteiger partial charge in [-0.05, 0) is 30.9 Å². The van der Waals surface area contributed by atoms with Crippen molar-refractivity contribution in [2.75, 3.05) is 5.73 Å². The molecule has 0 fully saturated rings. The first-order chi connectivity index (χ1) is 8.30. The maximum Gasteiger partial charge on any atom is 0.216 e. The van der Waals surface area contributed by atoms with Crippen LogP contribution in [-0.2, 0) is 15.8 Å². The first-order valence-electron chi connectivity index (χ1n) is 6.13. The second kappa shape index (κ2) is 6.20. The van der Waals surface area contributed by atoms with E-state index in [1.807, 2.05) is 6.92 Å². The SMILES string of the molecule is CC(C)CC(C)NS(=O)(=O)Cc1ccccc1N. The Labute approximate surface area is 110 Å². The smallest absolute Gasteiger partial charge is 0.216 e. The van der Waals surface area contributed by atoms with Gasteiger partial charge < -0.3 is 5.73 Å². The topological polar surface area (TPSA) is 72.2 Å². The molecule has 1 rings (SSSR count). The second-order valence-corrected chi connectivity index (χ2v) is 6.86. The van der Waals surface area contributed by atoms with Crippen LogP contribution in [0.1, 0.15) is 32.8 Å². The summed E-state index contributed by atoms with van der Waals surface area (Å²) in [6, 6.07) is 6.98. The van der Waals surface area contributed by atoms with Crippen LogP contribution < -0.4 is 10.5 Å². The molecule has 0 saturated heterocycles. The highest BCUT2D eigenvalue weighted by Gasteiger charge is 2.17. The molecule has 0 aliphatic carbocycles. The lowest BCUT2D eigenvalue weighted by Gasteiger charge is -2.16. The van der Waals surface area contributed by atoms with Crippen LogP contribution in [0, 0.1) is 5.92 Å². The Hall–Kier alpha value is -1.07. The fraction of sp³-hybridized carbons (Fsp3) is 0.538. The lowest BCUT2D eigenvalue weighted by molar-refractivity contribution is 0.482. The zero-order valence-corrected chi connectivity index (χ0v) is 12.0. The summed E-state index contributed by atoms with van der Waals surface area (Å²) in [5.74, 6) is 0.395. The summed E-state index contributed by atoms with van der Waals surface area (Å²) >= 11 is 0. The lowest BCUT2D eigenvalue weighted by atomic mass is 10.1. The Morgan fingerprint density at radius 2 is 1.83 bits per heavy atom. The summed E-state index contributed by atoms with van der Waals surface area (Å²) in [6.45, 7) is 6.02. The molecule has 0 amide bonds. The van der Waals surface area contributed by atoms with Crippen molar-refractivity contribution < 1.29 is 8.42 Å². The highest BCUT2D eigenvalue weighted by Crippen LogP contribution is 2.14. The van der Waals surface area contributed by atoms with Crippen LogP contribution in [-0.4, -0.2) is 14.5 Å². The molecule has 0 aliphatic rings. The summed E-state index contributed by atoms with van der Waals surface area (Å²) in [5.41, 5.74) is 6.90. The Balaban J connectivity index is 2.68. The van der Waals surface area contributed by atoms with Gasteiger partial charge in [0.05, 0.1) is 5.75 Å². The number of benzene rings is 1. The van der Waals surface area contributed by atoms with Crippen molar-refractivity contribution in [1.29, 1.82) is 0 Å². The van der Waals surface area contributed by atoms with Gasteiger partial charge in [-0.1, -0.05) is 32.0 Å². The summed E-state index contributed by atoms with van der Waals surface area (Å²) in [7, 11) is -3.33. The van der Waals surface area contributed by atoms with Gasteiger partial charge in [-0.3, -0.25) is 0 Å². The van der Waals surface area contributed by atoms with E-state index in [-0.39, 0.29) is 11.8 Å². The molecule has 4 nitrogen and oxygen atoms in total. The monoisotopic (exact) mass is 270 g/mol. The van der Waals surface area contributed by atoms with Crippen molar-refractivity contribution >= 4 is 15.7 Å². The number of nitrogens with one attached hydrogen (secondary N) is 1. The molecular formula is C13H22N2O2S. The Morgan fingerprint density at radius 1 is 1.22 bits per heavy atom. The molecule has 1 aromatic rings. The van der Waals surface area contributed by atoms with E-state index < -0.39 is 10.0 Å². The van der Waals surface area contributed by atoms with Crippen LogP contribution >= 0.6 is 0 Å². The standard InChI is InChI=1S/C13H22N2O2S/c1-10(2)8-11(3)15-18(16,17)9-12-6-4-5-7-13(12)14/h4-7,10-11,15H,8-9,14H2,1-3H3. The van der Waals surface area contributed by atoms with E-state index in [9.17, 15) is 8.42 Å². The van der Waals surface area contributed by atoms with E-state index in [1.54, 1.807) is 24.3 Å². The normalized spacial score (nSPS) is 13.8. The summed E-state index contributed by atoms with van der Waals surface area (Å²) in [6.07, 6.45) is 0.823. The number of hydrogen-bond acceptors (Lipinski definition) is 3. The van der Waals surface area contributed by atoms with Gasteiger partial charge in [0.15, 0.2) is 0 Å². The van der Waals surface area contributed by atoms with Crippen molar-refractivity contribution in [2.45, 2.75) is 39.0 Å². The summed E-state index contributed by atoms with van der Waals surface area (Å²) in [4.78, 5) is 0. The van der Waals surface area contributed by atoms with Gasteiger partial charge in [-0.15, -0.1) is 0 Å². The van der Waals surface area contributed by atoms with Gasteiger partial charge in [0.2, 0.25) is 10.0 Å². The van der Waals surface area contributed by atoms with Crippen LogP contribution in [0.25, 0.3) is 0 Å². The van der Waals surface area contributed by atoms with Gasteiger partial charge in [-0.25, -0.2) is 13.1 Å². The van der Waals surface area contributed by atoms with Crippen LogP contribution in [0.5, 0.6) is 0 Å². The number of nitrogens with two attached hydrogens (primary N) is 1. The van der Waals surface area contributed by atoms with Gasteiger partial charge in [0.25, 0.3) is 0 Å². The van der Waals surface area contributed by atoms with Crippen molar-refractivity contribution in [3.63, 3.8) is 0 Å². The van der Waals surface area contributed by atoms with Crippen molar-refractivity contribution in [3.05, 3.63) is 29.8 Å². The number of sulfonamides is 1. The van der Waals surface area contributed by atoms with Crippen LogP contribution in [0.3, 0.4) is 0 Å². The minimum Gasteiger partial charge on any atom is -0.398 e. The molecule has 1 unspecified atom stereocenters. The molecule has 0 aromatic heterocycles. The van der Waals surface area contributed by atoms with Gasteiger partial charge in [0, 0.05) is 11.7 Å². The minimum absolute atomic E-state index is 0.0556. The van der Waals surface area contributed by atoms with Crippen molar-refractivity contribution in [2.24, 2.45) is 5.92 Å². The number of anilines is 1. The highest BCUT2D eigenvalue weighted by molar-refractivity contribution is 7.88. The maximum absolute atomic E-state index is 12.0. The average Bonchev–Trinajstić information content (AvgIpc) is 2.18. The minimum atomic E-state index is -3.33. The maximum atomic E-state index is 12.0. The number of hydrogen-bond donors (Lipinski definition) is 2. The molecule has 0 heterocycles. The molecule has 0 spiro atoms. The van der Waals surface area contributed by atoms with Crippen LogP contribution in [0.4, 0.5) is 5.69 Å². The first-order valence-corrected chi connectivity index (χ1v) is 7.79.